The summed E-state index contributed by atoms with van der Waals surface area (Å²) >= 11 is 1.68. The molecule has 0 aliphatic rings. The molecule has 0 heterocycles. The van der Waals surface area contributed by atoms with Gasteiger partial charge in [-0.1, -0.05) is 18.2 Å². The molecular formula is C14H13N3O2S. The summed E-state index contributed by atoms with van der Waals surface area (Å²) < 4.78 is 0. The summed E-state index contributed by atoms with van der Waals surface area (Å²) in [6.07, 6.45) is 3.69. The lowest BCUT2D eigenvalue weighted by molar-refractivity contribution is -0.384. The SMILES string of the molecule is CSc1ccc(C=NNc2cccc([N+](=O)[O-])c2)cc1. The maximum absolute atomic E-state index is 10.6. The fourth-order valence-electron chi connectivity index (χ4n) is 1.56. The molecule has 0 radical (unpaired) electrons. The van der Waals surface area contributed by atoms with Gasteiger partial charge in [0.1, 0.15) is 0 Å². The molecule has 6 heteroatoms. The van der Waals surface area contributed by atoms with Gasteiger partial charge in [-0.25, -0.2) is 0 Å². The van der Waals surface area contributed by atoms with Crippen LogP contribution in [0.3, 0.4) is 0 Å². The van der Waals surface area contributed by atoms with E-state index in [1.165, 1.54) is 17.0 Å². The lowest BCUT2D eigenvalue weighted by atomic mass is 10.2. The van der Waals surface area contributed by atoms with Crippen LogP contribution in [0, 0.1) is 10.1 Å². The highest BCUT2D eigenvalue weighted by Gasteiger charge is 2.04. The van der Waals surface area contributed by atoms with Crippen LogP contribution in [0.1, 0.15) is 5.56 Å². The molecule has 0 bridgehead atoms. The van der Waals surface area contributed by atoms with Gasteiger partial charge in [0, 0.05) is 17.0 Å². The van der Waals surface area contributed by atoms with Gasteiger partial charge in [-0.05, 0) is 30.0 Å². The van der Waals surface area contributed by atoms with E-state index < -0.39 is 4.92 Å². The van der Waals surface area contributed by atoms with Crippen LogP contribution in [0.4, 0.5) is 11.4 Å². The Balaban J connectivity index is 2.02. The molecule has 0 fully saturated rings. The molecule has 0 spiro atoms. The number of nitrogens with zero attached hydrogens (tertiary/aromatic N) is 2. The van der Waals surface area contributed by atoms with Crippen LogP contribution < -0.4 is 5.43 Å². The van der Waals surface area contributed by atoms with Crippen LogP contribution >= 0.6 is 11.8 Å². The second kappa shape index (κ2) is 6.72. The van der Waals surface area contributed by atoms with E-state index in [1.54, 1.807) is 30.1 Å². The van der Waals surface area contributed by atoms with Crippen LogP contribution in [0.5, 0.6) is 0 Å². The van der Waals surface area contributed by atoms with Crippen molar-refractivity contribution in [2.75, 3.05) is 11.7 Å². The molecule has 102 valence electrons. The highest BCUT2D eigenvalue weighted by atomic mass is 32.2. The first-order valence-corrected chi connectivity index (χ1v) is 7.09. The molecule has 0 atom stereocenters. The maximum Gasteiger partial charge on any atom is 0.271 e. The van der Waals surface area contributed by atoms with E-state index in [0.717, 1.165) is 5.56 Å². The standard InChI is InChI=1S/C14H13N3O2S/c1-20-14-7-5-11(6-8-14)10-15-16-12-3-2-4-13(9-12)17(18)19/h2-10,16H,1H3. The summed E-state index contributed by atoms with van der Waals surface area (Å²) in [6.45, 7) is 0. The van der Waals surface area contributed by atoms with Crippen LogP contribution in [-0.4, -0.2) is 17.4 Å². The Hall–Kier alpha value is -2.34. The van der Waals surface area contributed by atoms with Crippen LogP contribution in [0.2, 0.25) is 0 Å². The summed E-state index contributed by atoms with van der Waals surface area (Å²) in [7, 11) is 0. The second-order valence-electron chi connectivity index (χ2n) is 3.95. The molecule has 0 saturated carbocycles. The predicted molar refractivity (Wildman–Crippen MR) is 82.5 cm³/mol. The second-order valence-corrected chi connectivity index (χ2v) is 4.83. The van der Waals surface area contributed by atoms with Gasteiger partial charge in [-0.15, -0.1) is 11.8 Å². The molecule has 0 amide bonds. The van der Waals surface area contributed by atoms with E-state index in [-0.39, 0.29) is 5.69 Å². The van der Waals surface area contributed by atoms with Crippen molar-refractivity contribution in [1.29, 1.82) is 0 Å². The highest BCUT2D eigenvalue weighted by molar-refractivity contribution is 7.98. The number of benzene rings is 2. The van der Waals surface area contributed by atoms with Crippen molar-refractivity contribution in [3.63, 3.8) is 0 Å². The van der Waals surface area contributed by atoms with Crippen molar-refractivity contribution in [2.24, 2.45) is 5.10 Å². The summed E-state index contributed by atoms with van der Waals surface area (Å²) in [5.41, 5.74) is 4.35. The number of hydrazone groups is 1. The van der Waals surface area contributed by atoms with Crippen LogP contribution in [0.15, 0.2) is 58.5 Å². The van der Waals surface area contributed by atoms with Crippen molar-refractivity contribution in [1.82, 2.24) is 0 Å². The Labute approximate surface area is 120 Å². The molecule has 1 N–H and O–H groups in total. The first kappa shape index (κ1) is 14.1. The quantitative estimate of drug-likeness (QED) is 0.393. The Morgan fingerprint density at radius 1 is 1.25 bits per heavy atom. The van der Waals surface area contributed by atoms with Crippen LogP contribution in [-0.2, 0) is 0 Å². The van der Waals surface area contributed by atoms with E-state index in [2.05, 4.69) is 10.5 Å². The third kappa shape index (κ3) is 3.83. The molecular weight excluding hydrogens is 274 g/mol. The molecule has 0 aliphatic heterocycles. The molecule has 0 aromatic heterocycles. The summed E-state index contributed by atoms with van der Waals surface area (Å²) in [6, 6.07) is 14.2. The minimum atomic E-state index is -0.434. The van der Waals surface area contributed by atoms with E-state index in [9.17, 15) is 10.1 Å². The van der Waals surface area contributed by atoms with Gasteiger partial charge in [-0.3, -0.25) is 15.5 Å². The Bertz CT molecular complexity index is 627. The number of hydrogen-bond donors (Lipinski definition) is 1. The van der Waals surface area contributed by atoms with Crippen molar-refractivity contribution in [2.45, 2.75) is 4.90 Å². The smallest absolute Gasteiger partial charge is 0.271 e. The zero-order valence-electron chi connectivity index (χ0n) is 10.8. The van der Waals surface area contributed by atoms with Gasteiger partial charge < -0.3 is 0 Å². The zero-order chi connectivity index (χ0) is 14.4. The number of rotatable bonds is 5. The Morgan fingerprint density at radius 2 is 2.00 bits per heavy atom. The highest BCUT2D eigenvalue weighted by Crippen LogP contribution is 2.17. The summed E-state index contributed by atoms with van der Waals surface area (Å²) in [5.74, 6) is 0. The van der Waals surface area contributed by atoms with Gasteiger partial charge in [-0.2, -0.15) is 5.10 Å². The number of hydrogen-bond acceptors (Lipinski definition) is 5. The van der Waals surface area contributed by atoms with Crippen molar-refractivity contribution in [3.8, 4) is 0 Å². The molecule has 20 heavy (non-hydrogen) atoms. The Kier molecular flexibility index (Phi) is 4.73. The van der Waals surface area contributed by atoms with Gasteiger partial charge in [0.15, 0.2) is 0 Å². The van der Waals surface area contributed by atoms with E-state index in [4.69, 9.17) is 0 Å². The number of thioether (sulfide) groups is 1. The minimum absolute atomic E-state index is 0.0366. The number of nitro benzene ring substituents is 1. The predicted octanol–water partition coefficient (Wildman–Crippen LogP) is 3.76. The molecule has 0 aliphatic carbocycles. The fourth-order valence-corrected chi connectivity index (χ4v) is 1.97. The van der Waals surface area contributed by atoms with E-state index in [0.29, 0.717) is 5.69 Å². The van der Waals surface area contributed by atoms with Crippen molar-refractivity contribution in [3.05, 3.63) is 64.2 Å². The van der Waals surface area contributed by atoms with Gasteiger partial charge in [0.25, 0.3) is 5.69 Å². The normalized spacial score (nSPS) is 10.7. The van der Waals surface area contributed by atoms with Crippen LogP contribution in [0.25, 0.3) is 0 Å². The number of non-ortho nitro benzene ring substituents is 1. The average molecular weight is 287 g/mol. The monoisotopic (exact) mass is 287 g/mol. The molecule has 0 unspecified atom stereocenters. The molecule has 0 saturated heterocycles. The first-order chi connectivity index (χ1) is 9.69. The first-order valence-electron chi connectivity index (χ1n) is 5.86. The zero-order valence-corrected chi connectivity index (χ0v) is 11.6. The molecule has 5 nitrogen and oxygen atoms in total. The third-order valence-electron chi connectivity index (χ3n) is 2.58. The number of nitrogens with one attached hydrogen (secondary N) is 1. The Morgan fingerprint density at radius 3 is 2.65 bits per heavy atom. The molecule has 2 rings (SSSR count). The van der Waals surface area contributed by atoms with Gasteiger partial charge in [0.2, 0.25) is 0 Å². The fraction of sp³-hybridized carbons (Fsp3) is 0.0714. The summed E-state index contributed by atoms with van der Waals surface area (Å²) in [4.78, 5) is 11.4. The van der Waals surface area contributed by atoms with E-state index >= 15 is 0 Å². The van der Waals surface area contributed by atoms with E-state index in [1.807, 2.05) is 30.5 Å². The average Bonchev–Trinajstić information content (AvgIpc) is 2.48. The lowest BCUT2D eigenvalue weighted by Crippen LogP contribution is -1.93. The minimum Gasteiger partial charge on any atom is -0.278 e. The van der Waals surface area contributed by atoms with Gasteiger partial charge in [0.05, 0.1) is 16.8 Å². The topological polar surface area (TPSA) is 67.5 Å². The number of nitro groups is 1. The summed E-state index contributed by atoms with van der Waals surface area (Å²) in [5, 5.41) is 14.7. The van der Waals surface area contributed by atoms with Gasteiger partial charge >= 0.3 is 0 Å². The number of anilines is 1. The third-order valence-corrected chi connectivity index (χ3v) is 3.32. The van der Waals surface area contributed by atoms with Crippen molar-refractivity contribution < 1.29 is 4.92 Å². The molecule has 2 aromatic carbocycles. The largest absolute Gasteiger partial charge is 0.278 e. The lowest BCUT2D eigenvalue weighted by Gasteiger charge is -2.00. The molecule has 2 aromatic rings. The maximum atomic E-state index is 10.6. The van der Waals surface area contributed by atoms with Crippen molar-refractivity contribution >= 4 is 29.4 Å².